The van der Waals surface area contributed by atoms with Crippen LogP contribution in [-0.2, 0) is 29.1 Å². The summed E-state index contributed by atoms with van der Waals surface area (Å²) in [7, 11) is -11.8. The Hall–Kier alpha value is -4.34. The summed E-state index contributed by atoms with van der Waals surface area (Å²) < 4.78 is 80.7. The molecule has 0 saturated heterocycles. The highest BCUT2D eigenvalue weighted by molar-refractivity contribution is 7.86. The first kappa shape index (κ1) is 37.9. The Morgan fingerprint density at radius 2 is 1.49 bits per heavy atom. The molecule has 0 saturated carbocycles. The van der Waals surface area contributed by atoms with Gasteiger partial charge >= 0.3 is 8.56 Å². The first-order valence-electron chi connectivity index (χ1n) is 15.5. The van der Waals surface area contributed by atoms with Gasteiger partial charge in [0.05, 0.1) is 10.6 Å². The molecule has 0 amide bonds. The maximum absolute atomic E-state index is 12.3. The number of halogens is 1. The second kappa shape index (κ2) is 15.5. The number of fused-ring (bicyclic) bond motifs is 2. The van der Waals surface area contributed by atoms with E-state index in [1.807, 2.05) is 20.4 Å². The number of benzene rings is 4. The number of phenolic OH excluding ortho intramolecular Hbond substituents is 1. The van der Waals surface area contributed by atoms with Crippen LogP contribution in [0.4, 0.5) is 29.0 Å². The summed E-state index contributed by atoms with van der Waals surface area (Å²) in [5.41, 5.74) is -0.411. The SMILES string of the molecule is CCO[Si](C)(CCCNc1nc(Cl)nc(Nc2cc(S(=O)(=O)O)cc3ccc(/N=N/c4ccc5ccccc5c4S(=O)(=O)O)c(O)c23)n1)OCC. The molecule has 4 aromatic carbocycles. The Kier molecular flexibility index (Phi) is 11.5. The highest BCUT2D eigenvalue weighted by Crippen LogP contribution is 2.42. The largest absolute Gasteiger partial charge is 0.505 e. The van der Waals surface area contributed by atoms with Gasteiger partial charge in [-0.25, -0.2) is 0 Å². The number of aromatic nitrogens is 3. The lowest BCUT2D eigenvalue weighted by Gasteiger charge is -2.25. The minimum atomic E-state index is -4.75. The fourth-order valence-corrected chi connectivity index (χ4v) is 9.39. The number of aromatic hydroxyl groups is 1. The lowest BCUT2D eigenvalue weighted by Crippen LogP contribution is -2.39. The van der Waals surface area contributed by atoms with Crippen LogP contribution in [0.5, 0.6) is 5.75 Å². The van der Waals surface area contributed by atoms with Gasteiger partial charge in [0, 0.05) is 30.5 Å². The van der Waals surface area contributed by atoms with Crippen LogP contribution in [0.3, 0.4) is 0 Å². The highest BCUT2D eigenvalue weighted by atomic mass is 35.5. The molecule has 0 fully saturated rings. The monoisotopic (exact) mass is 775 g/mol. The van der Waals surface area contributed by atoms with Crippen molar-refractivity contribution in [1.29, 1.82) is 0 Å². The Balaban J connectivity index is 1.50. The summed E-state index contributed by atoms with van der Waals surface area (Å²) in [5.74, 6) is -0.522. The molecule has 0 aliphatic rings. The van der Waals surface area contributed by atoms with Gasteiger partial charge < -0.3 is 24.6 Å². The summed E-state index contributed by atoms with van der Waals surface area (Å²) in [4.78, 5) is 11.5. The fourth-order valence-electron chi connectivity index (χ4n) is 5.44. The maximum atomic E-state index is 12.3. The van der Waals surface area contributed by atoms with Crippen LogP contribution in [0.2, 0.25) is 17.9 Å². The number of rotatable bonds is 15. The van der Waals surface area contributed by atoms with E-state index in [4.69, 9.17) is 20.5 Å². The van der Waals surface area contributed by atoms with Crippen LogP contribution in [-0.4, -0.2) is 74.3 Å². The van der Waals surface area contributed by atoms with Gasteiger partial charge in [-0.15, -0.1) is 10.2 Å². The van der Waals surface area contributed by atoms with Crippen LogP contribution < -0.4 is 10.6 Å². The molecule has 16 nitrogen and oxygen atoms in total. The average molecular weight is 776 g/mol. The number of nitrogens with zero attached hydrogens (tertiary/aromatic N) is 5. The molecule has 20 heteroatoms. The Labute approximate surface area is 299 Å². The summed E-state index contributed by atoms with van der Waals surface area (Å²) in [6.07, 6.45) is 0.673. The van der Waals surface area contributed by atoms with Crippen LogP contribution in [0.1, 0.15) is 20.3 Å². The zero-order chi connectivity index (χ0) is 37.0. The third-order valence-electron chi connectivity index (χ3n) is 7.57. The number of hydrogen-bond acceptors (Lipinski definition) is 14. The molecule has 5 aromatic rings. The number of nitrogens with one attached hydrogen (secondary N) is 2. The van der Waals surface area contributed by atoms with Gasteiger partial charge in [0.1, 0.15) is 16.3 Å². The molecule has 0 unspecified atom stereocenters. The molecule has 0 radical (unpaired) electrons. The molecular formula is C31H34ClN7O9S2Si. The zero-order valence-electron chi connectivity index (χ0n) is 27.5. The second-order valence-corrected chi connectivity index (χ2v) is 17.7. The van der Waals surface area contributed by atoms with E-state index in [9.17, 15) is 31.0 Å². The molecule has 1 aromatic heterocycles. The van der Waals surface area contributed by atoms with E-state index in [2.05, 4.69) is 35.8 Å². The molecule has 5 rings (SSSR count). The molecule has 0 aliphatic heterocycles. The van der Waals surface area contributed by atoms with Crippen molar-refractivity contribution in [3.05, 3.63) is 65.9 Å². The zero-order valence-corrected chi connectivity index (χ0v) is 30.9. The minimum absolute atomic E-state index is 0.0227. The average Bonchev–Trinajstić information content (AvgIpc) is 3.05. The van der Waals surface area contributed by atoms with Crippen molar-refractivity contribution in [2.45, 2.75) is 42.7 Å². The molecule has 270 valence electrons. The van der Waals surface area contributed by atoms with E-state index in [0.29, 0.717) is 37.6 Å². The Morgan fingerprint density at radius 1 is 0.843 bits per heavy atom. The molecule has 1 heterocycles. The van der Waals surface area contributed by atoms with E-state index < -0.39 is 44.3 Å². The van der Waals surface area contributed by atoms with Crippen LogP contribution in [0.25, 0.3) is 21.5 Å². The number of hydrogen-bond donors (Lipinski definition) is 5. The lowest BCUT2D eigenvalue weighted by molar-refractivity contribution is 0.188. The second-order valence-electron chi connectivity index (χ2n) is 11.2. The predicted molar refractivity (Wildman–Crippen MR) is 194 cm³/mol. The van der Waals surface area contributed by atoms with Crippen molar-refractivity contribution in [3.8, 4) is 5.75 Å². The van der Waals surface area contributed by atoms with E-state index in [1.54, 1.807) is 24.3 Å². The first-order chi connectivity index (χ1) is 24.1. The van der Waals surface area contributed by atoms with Crippen LogP contribution >= 0.6 is 11.6 Å². The first-order valence-corrected chi connectivity index (χ1v) is 21.3. The highest BCUT2D eigenvalue weighted by Gasteiger charge is 2.30. The molecule has 51 heavy (non-hydrogen) atoms. The van der Waals surface area contributed by atoms with Gasteiger partial charge in [0.15, 0.2) is 5.75 Å². The number of azo groups is 1. The molecule has 0 atom stereocenters. The van der Waals surface area contributed by atoms with Gasteiger partial charge in [-0.2, -0.15) is 31.8 Å². The summed E-state index contributed by atoms with van der Waals surface area (Å²) >= 11 is 6.19. The van der Waals surface area contributed by atoms with Crippen molar-refractivity contribution >= 4 is 90.9 Å². The van der Waals surface area contributed by atoms with Crippen molar-refractivity contribution in [2.24, 2.45) is 10.2 Å². The lowest BCUT2D eigenvalue weighted by atomic mass is 10.1. The van der Waals surface area contributed by atoms with Gasteiger partial charge in [-0.05, 0) is 79.5 Å². The molecule has 0 aliphatic carbocycles. The third kappa shape index (κ3) is 9.12. The van der Waals surface area contributed by atoms with E-state index in [0.717, 1.165) is 12.1 Å². The Bertz CT molecular complexity index is 2340. The molecular weight excluding hydrogens is 742 g/mol. The molecule has 0 bridgehead atoms. The number of phenols is 1. The van der Waals surface area contributed by atoms with Gasteiger partial charge in [-0.3, -0.25) is 9.11 Å². The number of anilines is 3. The van der Waals surface area contributed by atoms with Crippen LogP contribution in [0, 0.1) is 0 Å². The van der Waals surface area contributed by atoms with Crippen molar-refractivity contribution in [3.63, 3.8) is 0 Å². The van der Waals surface area contributed by atoms with Crippen molar-refractivity contribution in [2.75, 3.05) is 30.4 Å². The summed E-state index contributed by atoms with van der Waals surface area (Å²) in [6.45, 7) is 7.35. The fraction of sp³-hybridized carbons (Fsp3) is 0.258. The topological polar surface area (TPSA) is 235 Å². The normalized spacial score (nSPS) is 12.6. The standard InChI is InChI=1S/C31H34ClN7O9S2Si/c1-4-47-51(3,48-5-2)16-8-15-33-30-35-29(32)36-31(37-30)34-25-18-21(49(41,42)43)17-20-12-13-23(27(40)26(20)25)38-39-24-14-11-19-9-6-7-10-22(19)28(24)50(44,45)46/h6-7,9-14,17-18,40H,4-5,8,15-16H2,1-3H3,(H,41,42,43)(H,44,45,46)(H2,33,34,35,36,37)/b39-38+. The van der Waals surface area contributed by atoms with Crippen molar-refractivity contribution < 1.29 is 39.9 Å². The smallest absolute Gasteiger partial charge is 0.334 e. The summed E-state index contributed by atoms with van der Waals surface area (Å²) in [6, 6.07) is 15.0. The van der Waals surface area contributed by atoms with Crippen molar-refractivity contribution in [1.82, 2.24) is 15.0 Å². The quantitative estimate of drug-likeness (QED) is 0.0308. The van der Waals surface area contributed by atoms with Gasteiger partial charge in [-0.1, -0.05) is 36.4 Å². The van der Waals surface area contributed by atoms with E-state index in [-0.39, 0.29) is 50.4 Å². The maximum Gasteiger partial charge on any atom is 0.334 e. The summed E-state index contributed by atoms with van der Waals surface area (Å²) in [5, 5.41) is 26.1. The predicted octanol–water partition coefficient (Wildman–Crippen LogP) is 7.14. The van der Waals surface area contributed by atoms with Gasteiger partial charge in [0.25, 0.3) is 20.2 Å². The van der Waals surface area contributed by atoms with E-state index in [1.165, 1.54) is 24.3 Å². The Morgan fingerprint density at radius 3 is 2.18 bits per heavy atom. The van der Waals surface area contributed by atoms with Crippen LogP contribution in [0.15, 0.2) is 80.7 Å². The minimum Gasteiger partial charge on any atom is -0.505 e. The van der Waals surface area contributed by atoms with E-state index >= 15 is 0 Å². The third-order valence-corrected chi connectivity index (χ3v) is 12.6. The molecule has 0 spiro atoms. The van der Waals surface area contributed by atoms with Gasteiger partial charge in [0.2, 0.25) is 17.2 Å². The molecule has 5 N–H and O–H groups in total.